The maximum absolute atomic E-state index is 11.9. The van der Waals surface area contributed by atoms with E-state index in [9.17, 15) is 9.90 Å². The summed E-state index contributed by atoms with van der Waals surface area (Å²) in [5, 5.41) is 12.7. The second kappa shape index (κ2) is 6.52. The van der Waals surface area contributed by atoms with Crippen molar-refractivity contribution in [1.82, 2.24) is 5.32 Å². The summed E-state index contributed by atoms with van der Waals surface area (Å²) >= 11 is 0. The van der Waals surface area contributed by atoms with Crippen LogP contribution in [-0.4, -0.2) is 30.3 Å². The van der Waals surface area contributed by atoms with E-state index in [2.05, 4.69) is 5.32 Å². The fourth-order valence-corrected chi connectivity index (χ4v) is 1.85. The minimum absolute atomic E-state index is 0.0707. The smallest absolute Gasteiger partial charge is 0.328 e. The molecule has 18 heavy (non-hydrogen) atoms. The van der Waals surface area contributed by atoms with Crippen molar-refractivity contribution >= 4 is 5.97 Å². The van der Waals surface area contributed by atoms with E-state index in [1.807, 2.05) is 44.2 Å². The van der Waals surface area contributed by atoms with E-state index in [4.69, 9.17) is 4.74 Å². The highest BCUT2D eigenvalue weighted by atomic mass is 16.5. The third-order valence-electron chi connectivity index (χ3n) is 3.24. The molecule has 1 aromatic rings. The molecule has 0 saturated carbocycles. The van der Waals surface area contributed by atoms with Crippen LogP contribution >= 0.6 is 0 Å². The molecule has 1 aromatic carbocycles. The molecule has 0 aromatic heterocycles. The molecule has 4 heteroatoms. The van der Waals surface area contributed by atoms with Gasteiger partial charge in [0.2, 0.25) is 0 Å². The Morgan fingerprint density at radius 1 is 1.39 bits per heavy atom. The molecular formula is C14H21NO3. The highest BCUT2D eigenvalue weighted by molar-refractivity contribution is 5.81. The van der Waals surface area contributed by atoms with Gasteiger partial charge in [-0.1, -0.05) is 44.2 Å². The number of methoxy groups -OCH3 is 1. The minimum atomic E-state index is -1.05. The average Bonchev–Trinajstić information content (AvgIpc) is 2.40. The van der Waals surface area contributed by atoms with Gasteiger partial charge in [0.25, 0.3) is 0 Å². The molecule has 1 rings (SSSR count). The third kappa shape index (κ3) is 3.09. The number of rotatable bonds is 6. The minimum Gasteiger partial charge on any atom is -0.468 e. The summed E-state index contributed by atoms with van der Waals surface area (Å²) in [5.41, 5.74) is 0.00444. The fraction of sp³-hybridized carbons (Fsp3) is 0.500. The summed E-state index contributed by atoms with van der Waals surface area (Å²) < 4.78 is 4.79. The van der Waals surface area contributed by atoms with Crippen LogP contribution in [0.1, 0.15) is 19.4 Å². The largest absolute Gasteiger partial charge is 0.468 e. The van der Waals surface area contributed by atoms with Crippen molar-refractivity contribution in [3.63, 3.8) is 0 Å². The van der Waals surface area contributed by atoms with Crippen LogP contribution in [0.25, 0.3) is 0 Å². The van der Waals surface area contributed by atoms with Crippen LogP contribution in [0, 0.1) is 5.92 Å². The molecule has 2 N–H and O–H groups in total. The molecule has 0 radical (unpaired) electrons. The van der Waals surface area contributed by atoms with E-state index in [-0.39, 0.29) is 12.5 Å². The van der Waals surface area contributed by atoms with Gasteiger partial charge in [-0.3, -0.25) is 5.32 Å². The first-order valence-corrected chi connectivity index (χ1v) is 6.05. The van der Waals surface area contributed by atoms with E-state index < -0.39 is 11.5 Å². The molecule has 0 aliphatic carbocycles. The van der Waals surface area contributed by atoms with Crippen molar-refractivity contribution in [2.45, 2.75) is 25.9 Å². The number of hydrogen-bond donors (Lipinski definition) is 2. The van der Waals surface area contributed by atoms with Gasteiger partial charge in [0.05, 0.1) is 13.7 Å². The summed E-state index contributed by atoms with van der Waals surface area (Å²) in [4.78, 5) is 11.9. The summed E-state index contributed by atoms with van der Waals surface area (Å²) in [6.45, 7) is 3.98. The third-order valence-corrected chi connectivity index (χ3v) is 3.24. The monoisotopic (exact) mass is 251 g/mol. The predicted octanol–water partition coefficient (Wildman–Crippen LogP) is 1.34. The second-order valence-electron chi connectivity index (χ2n) is 4.61. The summed E-state index contributed by atoms with van der Waals surface area (Å²) in [7, 11) is 1.33. The number of hydrogen-bond acceptors (Lipinski definition) is 4. The zero-order valence-corrected chi connectivity index (χ0v) is 11.1. The summed E-state index contributed by atoms with van der Waals surface area (Å²) in [5.74, 6) is -0.505. The molecule has 1 atom stereocenters. The lowest BCUT2D eigenvalue weighted by atomic mass is 9.87. The fourth-order valence-electron chi connectivity index (χ4n) is 1.85. The van der Waals surface area contributed by atoms with E-state index >= 15 is 0 Å². The van der Waals surface area contributed by atoms with Crippen LogP contribution in [0.4, 0.5) is 0 Å². The van der Waals surface area contributed by atoms with Gasteiger partial charge < -0.3 is 9.84 Å². The number of carbonyl (C=O) groups is 1. The first kappa shape index (κ1) is 14.7. The van der Waals surface area contributed by atoms with Crippen LogP contribution in [0.3, 0.4) is 0 Å². The maximum Gasteiger partial charge on any atom is 0.328 e. The van der Waals surface area contributed by atoms with Gasteiger partial charge in [-0.15, -0.1) is 0 Å². The lowest BCUT2D eigenvalue weighted by molar-refractivity contribution is -0.153. The average molecular weight is 251 g/mol. The molecule has 0 heterocycles. The first-order valence-electron chi connectivity index (χ1n) is 6.05. The number of ether oxygens (including phenoxy) is 1. The number of carbonyl (C=O) groups excluding carboxylic acids is 1. The van der Waals surface area contributed by atoms with Crippen molar-refractivity contribution in [3.8, 4) is 0 Å². The number of aliphatic hydroxyl groups excluding tert-OH is 1. The zero-order chi connectivity index (χ0) is 13.6. The lowest BCUT2D eigenvalue weighted by Crippen LogP contribution is -2.59. The Morgan fingerprint density at radius 3 is 2.44 bits per heavy atom. The topological polar surface area (TPSA) is 58.6 Å². The number of aliphatic hydroxyl groups is 1. The Balaban J connectivity index is 2.82. The summed E-state index contributed by atoms with van der Waals surface area (Å²) in [6, 6.07) is 9.74. The molecule has 0 bridgehead atoms. The standard InChI is InChI=1S/C14H21NO3/c1-11(2)14(10-16,13(17)18-3)15-9-12-7-5-4-6-8-12/h4-8,11,15-16H,9-10H2,1-3H3/t14-/m0/s1. The number of esters is 1. The van der Waals surface area contributed by atoms with Crippen LogP contribution in [0.2, 0.25) is 0 Å². The van der Waals surface area contributed by atoms with Gasteiger partial charge in [-0.05, 0) is 11.5 Å². The highest BCUT2D eigenvalue weighted by Gasteiger charge is 2.41. The highest BCUT2D eigenvalue weighted by Crippen LogP contribution is 2.19. The molecule has 0 fully saturated rings. The molecular weight excluding hydrogens is 230 g/mol. The summed E-state index contributed by atoms with van der Waals surface area (Å²) in [6.07, 6.45) is 0. The molecule has 0 spiro atoms. The normalized spacial score (nSPS) is 14.3. The second-order valence-corrected chi connectivity index (χ2v) is 4.61. The Morgan fingerprint density at radius 2 is 2.00 bits per heavy atom. The SMILES string of the molecule is COC(=O)[C@@](CO)(NCc1ccccc1)C(C)C. The van der Waals surface area contributed by atoms with Gasteiger partial charge in [-0.25, -0.2) is 4.79 Å². The molecule has 100 valence electrons. The van der Waals surface area contributed by atoms with Gasteiger partial charge in [-0.2, -0.15) is 0 Å². The zero-order valence-electron chi connectivity index (χ0n) is 11.1. The van der Waals surface area contributed by atoms with Crippen LogP contribution < -0.4 is 5.32 Å². The first-order chi connectivity index (χ1) is 8.56. The Kier molecular flexibility index (Phi) is 5.31. The van der Waals surface area contributed by atoms with Crippen molar-refractivity contribution in [1.29, 1.82) is 0 Å². The molecule has 0 aliphatic rings. The number of nitrogens with one attached hydrogen (secondary N) is 1. The number of benzene rings is 1. The Bertz CT molecular complexity index is 378. The quantitative estimate of drug-likeness (QED) is 0.749. The van der Waals surface area contributed by atoms with Gasteiger partial charge in [0.1, 0.15) is 5.54 Å². The van der Waals surface area contributed by atoms with Gasteiger partial charge in [0.15, 0.2) is 0 Å². The van der Waals surface area contributed by atoms with Crippen molar-refractivity contribution < 1.29 is 14.6 Å². The van der Waals surface area contributed by atoms with E-state index in [1.165, 1.54) is 7.11 Å². The Hall–Kier alpha value is -1.39. The Labute approximate surface area is 108 Å². The lowest BCUT2D eigenvalue weighted by Gasteiger charge is -2.34. The van der Waals surface area contributed by atoms with Crippen molar-refractivity contribution in [2.24, 2.45) is 5.92 Å². The maximum atomic E-state index is 11.9. The molecule has 0 saturated heterocycles. The molecule has 0 amide bonds. The van der Waals surface area contributed by atoms with E-state index in [0.717, 1.165) is 5.56 Å². The molecule has 0 unspecified atom stereocenters. The van der Waals surface area contributed by atoms with E-state index in [1.54, 1.807) is 0 Å². The van der Waals surface area contributed by atoms with Crippen LogP contribution in [-0.2, 0) is 16.1 Å². The molecule has 0 aliphatic heterocycles. The van der Waals surface area contributed by atoms with Crippen molar-refractivity contribution in [3.05, 3.63) is 35.9 Å². The van der Waals surface area contributed by atoms with Gasteiger partial charge in [0, 0.05) is 6.54 Å². The van der Waals surface area contributed by atoms with Crippen molar-refractivity contribution in [2.75, 3.05) is 13.7 Å². The van der Waals surface area contributed by atoms with E-state index in [0.29, 0.717) is 6.54 Å². The van der Waals surface area contributed by atoms with Crippen LogP contribution in [0.15, 0.2) is 30.3 Å². The predicted molar refractivity (Wildman–Crippen MR) is 70.0 cm³/mol. The van der Waals surface area contributed by atoms with Crippen LogP contribution in [0.5, 0.6) is 0 Å². The molecule has 4 nitrogen and oxygen atoms in total. The van der Waals surface area contributed by atoms with Gasteiger partial charge >= 0.3 is 5.97 Å².